The Balaban J connectivity index is 3.55. The van der Waals surface area contributed by atoms with Gasteiger partial charge in [-0.1, -0.05) is 31.6 Å². The average molecular weight is 196 g/mol. The Kier molecular flexibility index (Phi) is 6.66. The molecule has 0 rings (SSSR count). The van der Waals surface area contributed by atoms with Crippen LogP contribution in [0.4, 0.5) is 0 Å². The molecule has 0 amide bonds. The van der Waals surface area contributed by atoms with Crippen molar-refractivity contribution in [3.63, 3.8) is 0 Å². The minimum atomic E-state index is -1.17. The summed E-state index contributed by atoms with van der Waals surface area (Å²) < 4.78 is 4.94. The maximum Gasteiger partial charge on any atom is 0.129 e. The van der Waals surface area contributed by atoms with E-state index < -0.39 is 8.07 Å². The third-order valence-electron chi connectivity index (χ3n) is 1.37. The molecule has 0 aromatic rings. The van der Waals surface area contributed by atoms with Gasteiger partial charge in [-0.05, 0) is 18.9 Å². The fourth-order valence-electron chi connectivity index (χ4n) is 0.746. The Bertz CT molecular complexity index is 202. The molecule has 0 unspecified atom stereocenters. The first kappa shape index (κ1) is 12.5. The topological polar surface area (TPSA) is 9.23 Å². The molecule has 74 valence electrons. The van der Waals surface area contributed by atoms with Crippen molar-refractivity contribution < 1.29 is 4.74 Å². The predicted molar refractivity (Wildman–Crippen MR) is 61.4 cm³/mol. The number of ether oxygens (including phenoxy) is 1. The van der Waals surface area contributed by atoms with Crippen molar-refractivity contribution in [1.82, 2.24) is 0 Å². The van der Waals surface area contributed by atoms with Crippen LogP contribution < -0.4 is 0 Å². The molecular weight excluding hydrogens is 176 g/mol. The highest BCUT2D eigenvalue weighted by atomic mass is 28.3. The molecule has 0 radical (unpaired) electrons. The predicted octanol–water partition coefficient (Wildman–Crippen LogP) is 2.85. The van der Waals surface area contributed by atoms with Crippen molar-refractivity contribution in [3.8, 4) is 11.5 Å². The summed E-state index contributed by atoms with van der Waals surface area (Å²) >= 11 is 0. The lowest BCUT2D eigenvalue weighted by Gasteiger charge is -2.02. The van der Waals surface area contributed by atoms with Gasteiger partial charge in [-0.3, -0.25) is 0 Å². The van der Waals surface area contributed by atoms with Gasteiger partial charge in [0.25, 0.3) is 0 Å². The van der Waals surface area contributed by atoms with E-state index in [0.29, 0.717) is 0 Å². The zero-order chi connectivity index (χ0) is 10.2. The fourth-order valence-corrected chi connectivity index (χ4v) is 1.26. The van der Waals surface area contributed by atoms with Crippen LogP contribution in [-0.2, 0) is 4.74 Å². The van der Waals surface area contributed by atoms with Gasteiger partial charge in [0.2, 0.25) is 0 Å². The highest BCUT2D eigenvalue weighted by Crippen LogP contribution is 1.96. The number of unbranched alkanes of at least 4 members (excludes halogenated alkanes) is 1. The highest BCUT2D eigenvalue weighted by molar-refractivity contribution is 6.83. The van der Waals surface area contributed by atoms with Gasteiger partial charge in [0.1, 0.15) is 8.07 Å². The second-order valence-corrected chi connectivity index (χ2v) is 8.81. The summed E-state index contributed by atoms with van der Waals surface area (Å²) in [4.78, 5) is 0. The van der Waals surface area contributed by atoms with Gasteiger partial charge in [0.05, 0.1) is 0 Å². The van der Waals surface area contributed by atoms with Crippen molar-refractivity contribution >= 4 is 8.07 Å². The fraction of sp³-hybridized carbons (Fsp3) is 0.636. The normalized spacial score (nSPS) is 11.4. The summed E-state index contributed by atoms with van der Waals surface area (Å²) in [6.45, 7) is 7.59. The van der Waals surface area contributed by atoms with Crippen LogP contribution in [0.25, 0.3) is 0 Å². The molecule has 0 aromatic heterocycles. The average Bonchev–Trinajstić information content (AvgIpc) is 2.01. The lowest BCUT2D eigenvalue weighted by Crippen LogP contribution is -2.16. The molecule has 0 aliphatic carbocycles. The summed E-state index contributed by atoms with van der Waals surface area (Å²) in [5, 5.41) is 0. The van der Waals surface area contributed by atoms with Crippen LogP contribution in [0.3, 0.4) is 0 Å². The largest absolute Gasteiger partial charge is 0.385 e. The summed E-state index contributed by atoms with van der Waals surface area (Å²) in [5.74, 6) is 3.09. The van der Waals surface area contributed by atoms with E-state index in [-0.39, 0.29) is 0 Å². The molecule has 0 heterocycles. The van der Waals surface area contributed by atoms with Gasteiger partial charge in [0.15, 0.2) is 0 Å². The van der Waals surface area contributed by atoms with E-state index >= 15 is 0 Å². The van der Waals surface area contributed by atoms with E-state index in [0.717, 1.165) is 19.4 Å². The van der Waals surface area contributed by atoms with Crippen LogP contribution in [0.2, 0.25) is 19.6 Å². The number of methoxy groups -OCH3 is 1. The van der Waals surface area contributed by atoms with Crippen molar-refractivity contribution in [2.45, 2.75) is 32.5 Å². The third-order valence-corrected chi connectivity index (χ3v) is 2.26. The Labute approximate surface area is 83.2 Å². The van der Waals surface area contributed by atoms with Gasteiger partial charge in [-0.2, -0.15) is 0 Å². The second kappa shape index (κ2) is 6.94. The lowest BCUT2D eigenvalue weighted by molar-refractivity contribution is 0.196. The molecule has 0 fully saturated rings. The second-order valence-electron chi connectivity index (χ2n) is 4.06. The van der Waals surface area contributed by atoms with Crippen molar-refractivity contribution in [1.29, 1.82) is 0 Å². The first-order valence-electron chi connectivity index (χ1n) is 4.73. The zero-order valence-corrected chi connectivity index (χ0v) is 10.2. The lowest BCUT2D eigenvalue weighted by atomic mass is 10.3. The van der Waals surface area contributed by atoms with Gasteiger partial charge in [-0.15, -0.1) is 5.54 Å². The number of allylic oxidation sites excluding steroid dienone is 2. The Morgan fingerprint density at radius 3 is 2.54 bits per heavy atom. The Hall–Kier alpha value is -0.523. The molecule has 0 aliphatic heterocycles. The Morgan fingerprint density at radius 1 is 1.31 bits per heavy atom. The maximum absolute atomic E-state index is 4.94. The minimum absolute atomic E-state index is 0.839. The van der Waals surface area contributed by atoms with E-state index in [1.165, 1.54) is 0 Å². The molecule has 1 nitrogen and oxygen atoms in total. The molecule has 0 aromatic carbocycles. The molecule has 0 saturated carbocycles. The molecule has 0 bridgehead atoms. The minimum Gasteiger partial charge on any atom is -0.385 e. The Morgan fingerprint density at radius 2 is 2.00 bits per heavy atom. The molecular formula is C11H20OSi. The van der Waals surface area contributed by atoms with Crippen LogP contribution in [0.1, 0.15) is 12.8 Å². The molecule has 0 aliphatic rings. The van der Waals surface area contributed by atoms with E-state index in [1.807, 2.05) is 6.08 Å². The smallest absolute Gasteiger partial charge is 0.129 e. The monoisotopic (exact) mass is 196 g/mol. The van der Waals surface area contributed by atoms with Gasteiger partial charge in [0, 0.05) is 13.7 Å². The molecule has 0 spiro atoms. The van der Waals surface area contributed by atoms with Gasteiger partial charge < -0.3 is 4.74 Å². The van der Waals surface area contributed by atoms with Crippen molar-refractivity contribution in [2.75, 3.05) is 13.7 Å². The van der Waals surface area contributed by atoms with Crippen LogP contribution in [0, 0.1) is 11.5 Å². The van der Waals surface area contributed by atoms with Crippen molar-refractivity contribution in [2.24, 2.45) is 0 Å². The summed E-state index contributed by atoms with van der Waals surface area (Å²) in [5.41, 5.74) is 3.28. The van der Waals surface area contributed by atoms with E-state index in [1.54, 1.807) is 7.11 Å². The van der Waals surface area contributed by atoms with Crippen LogP contribution in [-0.4, -0.2) is 21.8 Å². The van der Waals surface area contributed by atoms with Gasteiger partial charge >= 0.3 is 0 Å². The summed E-state index contributed by atoms with van der Waals surface area (Å²) in [6.07, 6.45) is 6.23. The SMILES string of the molecule is COCCCC=CC#C[Si](C)(C)C. The molecule has 0 N–H and O–H groups in total. The van der Waals surface area contributed by atoms with E-state index in [4.69, 9.17) is 4.74 Å². The third kappa shape index (κ3) is 11.5. The summed E-state index contributed by atoms with van der Waals surface area (Å²) in [7, 11) is 0.561. The molecule has 13 heavy (non-hydrogen) atoms. The van der Waals surface area contributed by atoms with E-state index in [9.17, 15) is 0 Å². The zero-order valence-electron chi connectivity index (χ0n) is 9.18. The first-order valence-corrected chi connectivity index (χ1v) is 8.23. The number of hydrogen-bond donors (Lipinski definition) is 0. The quantitative estimate of drug-likeness (QED) is 0.382. The first-order chi connectivity index (χ1) is 6.06. The molecule has 0 atom stereocenters. The molecule has 0 saturated heterocycles. The highest BCUT2D eigenvalue weighted by Gasteiger charge is 2.06. The van der Waals surface area contributed by atoms with Gasteiger partial charge in [-0.25, -0.2) is 0 Å². The maximum atomic E-state index is 4.94. The van der Waals surface area contributed by atoms with Crippen molar-refractivity contribution in [3.05, 3.63) is 12.2 Å². The molecule has 2 heteroatoms. The van der Waals surface area contributed by atoms with Crippen LogP contribution in [0.5, 0.6) is 0 Å². The van der Waals surface area contributed by atoms with Crippen LogP contribution in [0.15, 0.2) is 12.2 Å². The summed E-state index contributed by atoms with van der Waals surface area (Å²) in [6, 6.07) is 0. The standard InChI is InChI=1S/C11H20OSi/c1-12-10-8-6-5-7-9-11-13(2,3)4/h5,7H,6,8,10H2,1-4H3. The number of rotatable bonds is 4. The van der Waals surface area contributed by atoms with Crippen LogP contribution >= 0.6 is 0 Å². The van der Waals surface area contributed by atoms with E-state index in [2.05, 4.69) is 37.2 Å². The number of hydrogen-bond acceptors (Lipinski definition) is 1.